The van der Waals surface area contributed by atoms with Crippen LogP contribution in [0.25, 0.3) is 0 Å². The van der Waals surface area contributed by atoms with Crippen LogP contribution in [-0.4, -0.2) is 11.7 Å². The molecule has 0 unspecified atom stereocenters. The normalized spacial score (nSPS) is 10.1. The highest BCUT2D eigenvalue weighted by atomic mass is 32.1. The third-order valence-electron chi connectivity index (χ3n) is 2.38. The quantitative estimate of drug-likeness (QED) is 0.535. The minimum atomic E-state index is -1.58. The van der Waals surface area contributed by atoms with Crippen LogP contribution in [0.3, 0.4) is 0 Å². The van der Waals surface area contributed by atoms with Crippen LogP contribution < -0.4 is 4.74 Å². The largest absolute Gasteiger partial charge is 0.482 e. The van der Waals surface area contributed by atoms with E-state index in [4.69, 9.17) is 9.84 Å². The summed E-state index contributed by atoms with van der Waals surface area (Å²) in [5.74, 6) is -2.21. The number of thiophene rings is 1. The van der Waals surface area contributed by atoms with E-state index in [1.807, 2.05) is 0 Å². The van der Waals surface area contributed by atoms with Crippen LogP contribution in [0.2, 0.25) is 0 Å². The maximum Gasteiger partial charge on any atom is 0.203 e. The first-order valence-electron chi connectivity index (χ1n) is 5.67. The first kappa shape index (κ1) is 15.4. The monoisotopic (exact) mass is 316 g/mol. The van der Waals surface area contributed by atoms with Gasteiger partial charge in [0.15, 0.2) is 17.4 Å². The van der Waals surface area contributed by atoms with Gasteiger partial charge in [0.05, 0.1) is 4.88 Å². The van der Waals surface area contributed by atoms with Crippen molar-refractivity contribution in [1.29, 1.82) is 0 Å². The smallest absolute Gasteiger partial charge is 0.203 e. The summed E-state index contributed by atoms with van der Waals surface area (Å²) in [6.07, 6.45) is 0. The van der Waals surface area contributed by atoms with E-state index < -0.39 is 29.0 Å². The first-order chi connectivity index (χ1) is 10.0. The molecule has 1 aromatic heterocycles. The average Bonchev–Trinajstić information content (AvgIpc) is 2.91. The maximum absolute atomic E-state index is 13.4. The lowest BCUT2D eigenvalue weighted by molar-refractivity contribution is 0.264. The van der Waals surface area contributed by atoms with Crippen LogP contribution in [0.5, 0.6) is 5.75 Å². The van der Waals surface area contributed by atoms with Crippen molar-refractivity contribution < 1.29 is 27.4 Å². The number of aliphatic hydroxyl groups excluding tert-OH is 1. The standard InChI is InChI=1S/C14H8F4O2S/c15-10-6-11(16)13(18)14(12(10)17)20-7-9-4-3-8(21-9)2-1-5-19/h3-4,6,19H,5,7H2. The summed E-state index contributed by atoms with van der Waals surface area (Å²) in [4.78, 5) is 1.18. The molecule has 7 heteroatoms. The summed E-state index contributed by atoms with van der Waals surface area (Å²) in [7, 11) is 0. The van der Waals surface area contributed by atoms with Crippen molar-refractivity contribution in [2.45, 2.75) is 6.61 Å². The fraction of sp³-hybridized carbons (Fsp3) is 0.143. The zero-order chi connectivity index (χ0) is 15.4. The fourth-order valence-electron chi connectivity index (χ4n) is 1.47. The summed E-state index contributed by atoms with van der Waals surface area (Å²) in [6.45, 7) is -0.551. The van der Waals surface area contributed by atoms with Crippen LogP contribution in [0.1, 0.15) is 9.75 Å². The van der Waals surface area contributed by atoms with Crippen LogP contribution in [-0.2, 0) is 6.61 Å². The van der Waals surface area contributed by atoms with Crippen molar-refractivity contribution in [3.63, 3.8) is 0 Å². The van der Waals surface area contributed by atoms with Gasteiger partial charge in [-0.3, -0.25) is 0 Å². The number of hydrogen-bond acceptors (Lipinski definition) is 3. The lowest BCUT2D eigenvalue weighted by Crippen LogP contribution is -2.02. The van der Waals surface area contributed by atoms with Crippen molar-refractivity contribution in [2.75, 3.05) is 6.61 Å². The molecule has 0 spiro atoms. The maximum atomic E-state index is 13.4. The lowest BCUT2D eigenvalue weighted by Gasteiger charge is -2.08. The summed E-state index contributed by atoms with van der Waals surface area (Å²) in [6, 6.07) is 3.34. The molecule has 0 saturated carbocycles. The number of halogens is 4. The van der Waals surface area contributed by atoms with Gasteiger partial charge in [0.2, 0.25) is 11.6 Å². The summed E-state index contributed by atoms with van der Waals surface area (Å²) in [5.41, 5.74) is 0. The topological polar surface area (TPSA) is 29.5 Å². The van der Waals surface area contributed by atoms with Gasteiger partial charge in [-0.25, -0.2) is 8.78 Å². The van der Waals surface area contributed by atoms with E-state index in [1.54, 1.807) is 12.1 Å². The molecule has 0 amide bonds. The Morgan fingerprint density at radius 1 is 1.10 bits per heavy atom. The molecule has 2 aromatic rings. The molecule has 0 atom stereocenters. The molecule has 2 rings (SSSR count). The van der Waals surface area contributed by atoms with E-state index >= 15 is 0 Å². The Hall–Kier alpha value is -2.04. The van der Waals surface area contributed by atoms with Gasteiger partial charge in [-0.15, -0.1) is 11.3 Å². The van der Waals surface area contributed by atoms with Crippen LogP contribution in [0.15, 0.2) is 18.2 Å². The second-order valence-corrected chi connectivity index (χ2v) is 4.98. The van der Waals surface area contributed by atoms with Gasteiger partial charge in [-0.2, -0.15) is 8.78 Å². The zero-order valence-electron chi connectivity index (χ0n) is 10.4. The number of ether oxygens (including phenoxy) is 1. The first-order valence-corrected chi connectivity index (χ1v) is 6.48. The molecule has 0 fully saturated rings. The molecule has 1 N–H and O–H groups in total. The Bertz CT molecular complexity index is 689. The van der Waals surface area contributed by atoms with Gasteiger partial charge in [0.1, 0.15) is 13.2 Å². The molecule has 2 nitrogen and oxygen atoms in total. The molecule has 110 valence electrons. The minimum absolute atomic E-state index is 0.116. The third-order valence-corrected chi connectivity index (χ3v) is 3.36. The second kappa shape index (κ2) is 6.61. The van der Waals surface area contributed by atoms with Gasteiger partial charge in [0.25, 0.3) is 0 Å². The SMILES string of the molecule is OCC#Cc1ccc(COc2c(F)c(F)cc(F)c2F)s1. The average molecular weight is 316 g/mol. The predicted molar refractivity (Wildman–Crippen MR) is 68.9 cm³/mol. The second-order valence-electron chi connectivity index (χ2n) is 3.81. The molecule has 21 heavy (non-hydrogen) atoms. The molecule has 1 aromatic carbocycles. The van der Waals surface area contributed by atoms with E-state index in [9.17, 15) is 17.6 Å². The Labute approximate surface area is 121 Å². The minimum Gasteiger partial charge on any atom is -0.482 e. The Kier molecular flexibility index (Phi) is 4.83. The van der Waals surface area contributed by atoms with Gasteiger partial charge in [0, 0.05) is 10.9 Å². The Balaban J connectivity index is 2.15. The molecule has 0 bridgehead atoms. The fourth-order valence-corrected chi connectivity index (χ4v) is 2.27. The summed E-state index contributed by atoms with van der Waals surface area (Å²) < 4.78 is 57.5. The molecule has 0 saturated heterocycles. The highest BCUT2D eigenvalue weighted by Crippen LogP contribution is 2.28. The van der Waals surface area contributed by atoms with E-state index in [0.717, 1.165) is 0 Å². The number of rotatable bonds is 3. The van der Waals surface area contributed by atoms with Gasteiger partial charge < -0.3 is 9.84 Å². The van der Waals surface area contributed by atoms with Crippen molar-refractivity contribution in [2.24, 2.45) is 0 Å². The molecule has 0 aliphatic heterocycles. The summed E-state index contributed by atoms with van der Waals surface area (Å²) >= 11 is 1.17. The van der Waals surface area contributed by atoms with E-state index in [2.05, 4.69) is 11.8 Å². The molecule has 0 radical (unpaired) electrons. The molecule has 1 heterocycles. The number of hydrogen-bond donors (Lipinski definition) is 1. The van der Waals surface area contributed by atoms with Crippen molar-refractivity contribution >= 4 is 11.3 Å². The van der Waals surface area contributed by atoms with E-state index in [1.165, 1.54) is 11.3 Å². The van der Waals surface area contributed by atoms with Crippen LogP contribution in [0, 0.1) is 35.1 Å². The number of aliphatic hydroxyl groups is 1. The zero-order valence-corrected chi connectivity index (χ0v) is 11.2. The van der Waals surface area contributed by atoms with Crippen LogP contribution >= 0.6 is 11.3 Å². The van der Waals surface area contributed by atoms with Gasteiger partial charge >= 0.3 is 0 Å². The third kappa shape index (κ3) is 3.54. The number of benzene rings is 1. The molecular weight excluding hydrogens is 308 g/mol. The van der Waals surface area contributed by atoms with Crippen molar-refractivity contribution in [1.82, 2.24) is 0 Å². The predicted octanol–water partition coefficient (Wildman–Crippen LogP) is 3.23. The van der Waals surface area contributed by atoms with E-state index in [0.29, 0.717) is 9.75 Å². The molecule has 0 aliphatic carbocycles. The highest BCUT2D eigenvalue weighted by molar-refractivity contribution is 7.12. The Morgan fingerprint density at radius 3 is 2.38 bits per heavy atom. The van der Waals surface area contributed by atoms with Gasteiger partial charge in [-0.1, -0.05) is 11.8 Å². The van der Waals surface area contributed by atoms with E-state index in [-0.39, 0.29) is 19.3 Å². The van der Waals surface area contributed by atoms with Gasteiger partial charge in [-0.05, 0) is 12.1 Å². The van der Waals surface area contributed by atoms with Crippen molar-refractivity contribution in [3.05, 3.63) is 51.2 Å². The highest BCUT2D eigenvalue weighted by Gasteiger charge is 2.20. The van der Waals surface area contributed by atoms with Crippen molar-refractivity contribution in [3.8, 4) is 17.6 Å². The molecular formula is C14H8F4O2S. The Morgan fingerprint density at radius 2 is 1.76 bits per heavy atom. The lowest BCUT2D eigenvalue weighted by atomic mass is 10.3. The van der Waals surface area contributed by atoms with Crippen LogP contribution in [0.4, 0.5) is 17.6 Å². The summed E-state index contributed by atoms with van der Waals surface area (Å²) in [5, 5.41) is 8.55. The molecule has 0 aliphatic rings.